The predicted molar refractivity (Wildman–Crippen MR) is 116 cm³/mol. The second-order valence-electron chi connectivity index (χ2n) is 9.45. The molecule has 2 aliphatic carbocycles. The number of hydrogen-bond donors (Lipinski definition) is 5. The van der Waals surface area contributed by atoms with E-state index >= 15 is 0 Å². The van der Waals surface area contributed by atoms with Crippen LogP contribution in [0.4, 0.5) is 5.82 Å². The highest BCUT2D eigenvalue weighted by molar-refractivity contribution is 5.83. The van der Waals surface area contributed by atoms with Crippen LogP contribution in [-0.2, 0) is 9.53 Å². The third kappa shape index (κ3) is 4.27. The summed E-state index contributed by atoms with van der Waals surface area (Å²) >= 11 is 0. The number of hydrogen-bond acceptors (Lipinski definition) is 9. The highest BCUT2D eigenvalue weighted by Crippen LogP contribution is 2.34. The largest absolute Gasteiger partial charge is 0.387 e. The standard InChI is InChI=1S/C22H28N6O5/c1-11-3-2-7-22(32,9-11)8-6-13-26-18(23)14-19(27-13)28(10-24-14)21-16(30)15(29)17(33-21)20(31)25-12-4-5-12/h10-12,15-17,21,29-30,32H,2-5,7,9H2,1H3,(H,25,31)(H2,23,26,27)/t11-,15?,16+,17+,21-,22-/m1/s1. The smallest absolute Gasteiger partial charge is 0.252 e. The number of nitrogens with one attached hydrogen (secondary N) is 1. The molecule has 3 aliphatic rings. The topological polar surface area (TPSA) is 169 Å². The lowest BCUT2D eigenvalue weighted by Crippen LogP contribution is -2.43. The molecule has 0 radical (unpaired) electrons. The highest BCUT2D eigenvalue weighted by Gasteiger charge is 2.48. The summed E-state index contributed by atoms with van der Waals surface area (Å²) in [6, 6.07) is 0.0919. The molecule has 2 saturated carbocycles. The number of nitrogens with two attached hydrogens (primary N) is 1. The van der Waals surface area contributed by atoms with Gasteiger partial charge in [-0.1, -0.05) is 19.3 Å². The average Bonchev–Trinajstić information content (AvgIpc) is 3.40. The second-order valence-corrected chi connectivity index (χ2v) is 9.45. The number of carbonyl (C=O) groups is 1. The van der Waals surface area contributed by atoms with Crippen molar-refractivity contribution < 1.29 is 24.9 Å². The third-order valence-corrected chi connectivity index (χ3v) is 6.52. The highest BCUT2D eigenvalue weighted by atomic mass is 16.6. The lowest BCUT2D eigenvalue weighted by Gasteiger charge is -2.30. The van der Waals surface area contributed by atoms with Crippen molar-refractivity contribution in [1.29, 1.82) is 0 Å². The van der Waals surface area contributed by atoms with Crippen LogP contribution in [0.5, 0.6) is 0 Å². The van der Waals surface area contributed by atoms with Gasteiger partial charge in [-0.15, -0.1) is 0 Å². The van der Waals surface area contributed by atoms with E-state index < -0.39 is 36.0 Å². The first-order valence-electron chi connectivity index (χ1n) is 11.3. The molecule has 5 rings (SSSR count). The van der Waals surface area contributed by atoms with Gasteiger partial charge in [-0.25, -0.2) is 15.0 Å². The maximum Gasteiger partial charge on any atom is 0.252 e. The zero-order valence-electron chi connectivity index (χ0n) is 18.3. The number of carbonyl (C=O) groups excluding carboxylic acids is 1. The van der Waals surface area contributed by atoms with Gasteiger partial charge in [0.2, 0.25) is 5.82 Å². The van der Waals surface area contributed by atoms with Crippen molar-refractivity contribution in [3.05, 3.63) is 12.2 Å². The van der Waals surface area contributed by atoms with Gasteiger partial charge in [-0.05, 0) is 43.9 Å². The van der Waals surface area contributed by atoms with Crippen LogP contribution in [0.15, 0.2) is 6.33 Å². The van der Waals surface area contributed by atoms with Crippen LogP contribution < -0.4 is 11.1 Å². The summed E-state index contributed by atoms with van der Waals surface area (Å²) in [5.74, 6) is 5.83. The zero-order valence-corrected chi connectivity index (χ0v) is 18.3. The second kappa shape index (κ2) is 8.22. The number of fused-ring (bicyclic) bond motifs is 1. The van der Waals surface area contributed by atoms with Gasteiger partial charge < -0.3 is 31.1 Å². The molecule has 1 saturated heterocycles. The maximum absolute atomic E-state index is 12.4. The minimum Gasteiger partial charge on any atom is -0.387 e. The summed E-state index contributed by atoms with van der Waals surface area (Å²) in [5.41, 5.74) is 5.49. The van der Waals surface area contributed by atoms with Crippen molar-refractivity contribution in [1.82, 2.24) is 24.8 Å². The van der Waals surface area contributed by atoms with Crippen molar-refractivity contribution in [3.63, 3.8) is 0 Å². The number of aliphatic hydroxyl groups excluding tert-OH is 2. The molecule has 33 heavy (non-hydrogen) atoms. The first-order chi connectivity index (χ1) is 15.7. The molecule has 6 atom stereocenters. The van der Waals surface area contributed by atoms with Gasteiger partial charge in [0.15, 0.2) is 23.8 Å². The molecule has 1 amide bonds. The van der Waals surface area contributed by atoms with Crippen LogP contribution in [0.25, 0.3) is 11.2 Å². The Morgan fingerprint density at radius 3 is 2.82 bits per heavy atom. The van der Waals surface area contributed by atoms with E-state index in [1.54, 1.807) is 0 Å². The lowest BCUT2D eigenvalue weighted by molar-refractivity contribution is -0.137. The number of anilines is 1. The van der Waals surface area contributed by atoms with Crippen molar-refractivity contribution >= 4 is 22.9 Å². The molecular formula is C22H28N6O5. The van der Waals surface area contributed by atoms with Crippen LogP contribution in [0, 0.1) is 17.8 Å². The molecule has 0 spiro atoms. The number of imidazole rings is 1. The van der Waals surface area contributed by atoms with Crippen LogP contribution in [0.2, 0.25) is 0 Å². The normalized spacial score (nSPS) is 34.1. The van der Waals surface area contributed by atoms with Gasteiger partial charge in [-0.3, -0.25) is 9.36 Å². The molecule has 2 aromatic rings. The van der Waals surface area contributed by atoms with Gasteiger partial charge >= 0.3 is 0 Å². The fraction of sp³-hybridized carbons (Fsp3) is 0.636. The fourth-order valence-corrected chi connectivity index (χ4v) is 4.61. The van der Waals surface area contributed by atoms with E-state index in [0.717, 1.165) is 25.7 Å². The summed E-state index contributed by atoms with van der Waals surface area (Å²) in [5, 5.41) is 34.6. The Bertz CT molecular complexity index is 1140. The number of aromatic nitrogens is 4. The van der Waals surface area contributed by atoms with Crippen molar-refractivity contribution in [2.24, 2.45) is 5.92 Å². The van der Waals surface area contributed by atoms with Gasteiger partial charge in [0, 0.05) is 6.04 Å². The number of nitrogen functional groups attached to an aromatic ring is 1. The van der Waals surface area contributed by atoms with E-state index in [1.807, 2.05) is 0 Å². The third-order valence-electron chi connectivity index (χ3n) is 6.52. The van der Waals surface area contributed by atoms with Crippen LogP contribution >= 0.6 is 0 Å². The zero-order chi connectivity index (χ0) is 23.3. The molecule has 0 aromatic carbocycles. The van der Waals surface area contributed by atoms with Crippen LogP contribution in [0.3, 0.4) is 0 Å². The molecule has 2 aromatic heterocycles. The molecule has 3 fully saturated rings. The minimum absolute atomic E-state index is 0.0862. The maximum atomic E-state index is 12.4. The van der Waals surface area contributed by atoms with Crippen molar-refractivity contribution in [2.75, 3.05) is 5.73 Å². The molecule has 0 bridgehead atoms. The Labute approximate surface area is 190 Å². The molecule has 176 valence electrons. The predicted octanol–water partition coefficient (Wildman–Crippen LogP) is -0.401. The molecule has 11 heteroatoms. The fourth-order valence-electron chi connectivity index (χ4n) is 4.61. The van der Waals surface area contributed by atoms with E-state index in [-0.39, 0.29) is 28.8 Å². The SMILES string of the molecule is C[C@@H]1CCC[C@@](O)(C#Cc2nc(N)c3ncn([C@@H]4O[C@H](C(=O)NC5CC5)C(O)[C@@H]4O)c3n2)C1. The molecule has 1 aliphatic heterocycles. The van der Waals surface area contributed by atoms with Gasteiger partial charge in [0.25, 0.3) is 5.91 Å². The van der Waals surface area contributed by atoms with Gasteiger partial charge in [-0.2, -0.15) is 0 Å². The van der Waals surface area contributed by atoms with Crippen LogP contribution in [-0.4, -0.2) is 70.7 Å². The number of amides is 1. The first kappa shape index (κ1) is 22.0. The molecule has 11 nitrogen and oxygen atoms in total. The Balaban J connectivity index is 1.43. The quantitative estimate of drug-likeness (QED) is 0.386. The molecule has 6 N–H and O–H groups in total. The average molecular weight is 457 g/mol. The molecule has 3 heterocycles. The number of aliphatic hydroxyl groups is 3. The molecular weight excluding hydrogens is 428 g/mol. The minimum atomic E-state index is -1.41. The van der Waals surface area contributed by atoms with E-state index in [2.05, 4.69) is 39.0 Å². The van der Waals surface area contributed by atoms with Crippen molar-refractivity contribution in [3.8, 4) is 11.8 Å². The Morgan fingerprint density at radius 1 is 1.30 bits per heavy atom. The number of ether oxygens (including phenoxy) is 1. The van der Waals surface area contributed by atoms with Gasteiger partial charge in [0.05, 0.1) is 6.33 Å². The summed E-state index contributed by atoms with van der Waals surface area (Å²) in [6.07, 6.45) is 1.17. The number of rotatable bonds is 3. The van der Waals surface area contributed by atoms with E-state index in [0.29, 0.717) is 18.8 Å². The Kier molecular flexibility index (Phi) is 5.49. The van der Waals surface area contributed by atoms with Gasteiger partial charge in [0.1, 0.15) is 23.3 Å². The molecule has 1 unspecified atom stereocenters. The summed E-state index contributed by atoms with van der Waals surface area (Å²) < 4.78 is 7.14. The Hall–Kier alpha value is -2.78. The first-order valence-corrected chi connectivity index (χ1v) is 11.3. The van der Waals surface area contributed by atoms with Crippen LogP contribution in [0.1, 0.15) is 57.5 Å². The number of nitrogens with zero attached hydrogens (tertiary/aromatic N) is 4. The lowest BCUT2D eigenvalue weighted by atomic mass is 9.79. The summed E-state index contributed by atoms with van der Waals surface area (Å²) in [4.78, 5) is 25.2. The summed E-state index contributed by atoms with van der Waals surface area (Å²) in [6.45, 7) is 2.09. The van der Waals surface area contributed by atoms with E-state index in [9.17, 15) is 20.1 Å². The van der Waals surface area contributed by atoms with Crippen molar-refractivity contribution in [2.45, 2.75) is 81.6 Å². The van der Waals surface area contributed by atoms with E-state index in [1.165, 1.54) is 10.9 Å². The summed E-state index contributed by atoms with van der Waals surface area (Å²) in [7, 11) is 0. The Morgan fingerprint density at radius 2 is 2.09 bits per heavy atom. The van der Waals surface area contributed by atoms with E-state index in [4.69, 9.17) is 10.5 Å². The monoisotopic (exact) mass is 456 g/mol.